The highest BCUT2D eigenvalue weighted by Gasteiger charge is 2.28. The number of aryl methyl sites for hydroxylation is 2. The molecule has 7 heteroatoms. The first-order valence-electron chi connectivity index (χ1n) is 11.5. The topological polar surface area (TPSA) is 66.5 Å². The highest BCUT2D eigenvalue weighted by atomic mass is 32.2. The Balaban J connectivity index is 1.49. The van der Waals surface area contributed by atoms with E-state index in [9.17, 15) is 13.2 Å². The van der Waals surface area contributed by atoms with E-state index in [0.29, 0.717) is 11.4 Å². The van der Waals surface area contributed by atoms with Crippen LogP contribution in [0.1, 0.15) is 16.7 Å². The molecule has 4 rings (SSSR count). The van der Waals surface area contributed by atoms with E-state index >= 15 is 0 Å². The zero-order valence-corrected chi connectivity index (χ0v) is 21.9. The number of hydrogen-bond donors (Lipinski definition) is 1. The number of anilines is 2. The van der Waals surface area contributed by atoms with Crippen LogP contribution in [0.15, 0.2) is 113 Å². The van der Waals surface area contributed by atoms with Gasteiger partial charge in [0.15, 0.2) is 0 Å². The monoisotopic (exact) mass is 516 g/mol. The van der Waals surface area contributed by atoms with Gasteiger partial charge < -0.3 is 5.32 Å². The largest absolute Gasteiger partial charge is 0.325 e. The molecule has 0 aliphatic rings. The molecule has 0 spiro atoms. The van der Waals surface area contributed by atoms with Crippen LogP contribution in [0.5, 0.6) is 0 Å². The summed E-state index contributed by atoms with van der Waals surface area (Å²) in [6, 6.07) is 31.6. The van der Waals surface area contributed by atoms with Crippen molar-refractivity contribution in [2.45, 2.75) is 29.4 Å². The average Bonchev–Trinajstić information content (AvgIpc) is 2.88. The summed E-state index contributed by atoms with van der Waals surface area (Å²) in [6.07, 6.45) is 0. The number of carbonyl (C=O) groups is 1. The van der Waals surface area contributed by atoms with Gasteiger partial charge in [-0.15, -0.1) is 11.8 Å². The van der Waals surface area contributed by atoms with Gasteiger partial charge in [0.2, 0.25) is 5.91 Å². The van der Waals surface area contributed by atoms with E-state index in [4.69, 9.17) is 0 Å². The van der Waals surface area contributed by atoms with E-state index in [1.54, 1.807) is 48.2 Å². The Labute approximate surface area is 217 Å². The fraction of sp³-hybridized carbons (Fsp3) is 0.138. The third-order valence-electron chi connectivity index (χ3n) is 5.67. The van der Waals surface area contributed by atoms with Crippen molar-refractivity contribution in [2.75, 3.05) is 16.2 Å². The molecule has 4 aromatic rings. The summed E-state index contributed by atoms with van der Waals surface area (Å²) in [6.45, 7) is 3.39. The van der Waals surface area contributed by atoms with Crippen LogP contribution < -0.4 is 9.62 Å². The second-order valence-corrected chi connectivity index (χ2v) is 11.4. The Morgan fingerprint density at radius 2 is 1.44 bits per heavy atom. The Bertz CT molecular complexity index is 1420. The number of rotatable bonds is 9. The van der Waals surface area contributed by atoms with Crippen molar-refractivity contribution in [2.24, 2.45) is 0 Å². The minimum Gasteiger partial charge on any atom is -0.325 e. The summed E-state index contributed by atoms with van der Waals surface area (Å²) in [5.74, 6) is 0.397. The molecule has 0 aromatic heterocycles. The molecule has 5 nitrogen and oxygen atoms in total. The lowest BCUT2D eigenvalue weighted by Gasteiger charge is -2.25. The van der Waals surface area contributed by atoms with Crippen molar-refractivity contribution in [3.63, 3.8) is 0 Å². The molecule has 4 aromatic carbocycles. The Morgan fingerprint density at radius 3 is 2.11 bits per heavy atom. The van der Waals surface area contributed by atoms with Gasteiger partial charge in [-0.05, 0) is 67.4 Å². The van der Waals surface area contributed by atoms with Gasteiger partial charge in [-0.3, -0.25) is 9.10 Å². The number of hydrogen-bond acceptors (Lipinski definition) is 4. The smallest absolute Gasteiger partial charge is 0.264 e. The maximum absolute atomic E-state index is 13.6. The number of sulfonamides is 1. The van der Waals surface area contributed by atoms with Crippen LogP contribution >= 0.6 is 11.8 Å². The van der Waals surface area contributed by atoms with Crippen LogP contribution in [0, 0.1) is 13.8 Å². The molecular weight excluding hydrogens is 488 g/mol. The Kier molecular flexibility index (Phi) is 8.13. The molecule has 0 heterocycles. The fourth-order valence-electron chi connectivity index (χ4n) is 3.68. The number of thioether (sulfide) groups is 1. The summed E-state index contributed by atoms with van der Waals surface area (Å²) in [4.78, 5) is 14.4. The fourth-order valence-corrected chi connectivity index (χ4v) is 6.04. The molecule has 0 saturated carbocycles. The number of benzene rings is 4. The first kappa shape index (κ1) is 25.5. The van der Waals surface area contributed by atoms with E-state index in [2.05, 4.69) is 17.4 Å². The van der Waals surface area contributed by atoms with Gasteiger partial charge in [-0.2, -0.15) is 0 Å². The molecule has 184 valence electrons. The standard InChI is InChI=1S/C29H28N2O3S2/c1-22-12-18-27(19-13-22)36(33,34)31(28-11-7-6-8-23(28)2)20-29(32)30-25-16-14-24(15-17-25)21-35-26-9-4-3-5-10-26/h3-19H,20-21H2,1-2H3,(H,30,32). The number of carbonyl (C=O) groups excluding carboxylic acids is 1. The van der Waals surface area contributed by atoms with Crippen LogP contribution in [-0.4, -0.2) is 20.9 Å². The summed E-state index contributed by atoms with van der Waals surface area (Å²) in [5, 5.41) is 2.84. The summed E-state index contributed by atoms with van der Waals surface area (Å²) in [5.41, 5.74) is 3.94. The lowest BCUT2D eigenvalue weighted by Crippen LogP contribution is -2.38. The minimum absolute atomic E-state index is 0.143. The third kappa shape index (κ3) is 6.36. The maximum atomic E-state index is 13.6. The molecule has 1 N–H and O–H groups in total. The molecular formula is C29H28N2O3S2. The van der Waals surface area contributed by atoms with Gasteiger partial charge in [-0.1, -0.05) is 66.2 Å². The Hall–Kier alpha value is -3.55. The van der Waals surface area contributed by atoms with E-state index in [-0.39, 0.29) is 11.4 Å². The first-order chi connectivity index (χ1) is 17.3. The highest BCUT2D eigenvalue weighted by molar-refractivity contribution is 7.98. The van der Waals surface area contributed by atoms with E-state index in [1.807, 2.05) is 68.4 Å². The minimum atomic E-state index is -3.95. The molecule has 0 atom stereocenters. The quantitative estimate of drug-likeness (QED) is 0.260. The number of para-hydroxylation sites is 1. The van der Waals surface area contributed by atoms with E-state index in [1.165, 1.54) is 9.20 Å². The van der Waals surface area contributed by atoms with Gasteiger partial charge in [0.1, 0.15) is 6.54 Å². The van der Waals surface area contributed by atoms with Crippen molar-refractivity contribution in [1.29, 1.82) is 0 Å². The SMILES string of the molecule is Cc1ccc(S(=O)(=O)N(CC(=O)Nc2ccc(CSc3ccccc3)cc2)c2ccccc2C)cc1. The summed E-state index contributed by atoms with van der Waals surface area (Å²) in [7, 11) is -3.95. The molecule has 0 aliphatic heterocycles. The number of nitrogens with one attached hydrogen (secondary N) is 1. The predicted octanol–water partition coefficient (Wildman–Crippen LogP) is 6.43. The van der Waals surface area contributed by atoms with Crippen molar-refractivity contribution < 1.29 is 13.2 Å². The van der Waals surface area contributed by atoms with Crippen LogP contribution in [0.4, 0.5) is 11.4 Å². The van der Waals surface area contributed by atoms with Crippen molar-refractivity contribution >= 4 is 39.1 Å². The molecule has 0 radical (unpaired) electrons. The molecule has 0 unspecified atom stereocenters. The Morgan fingerprint density at radius 1 is 0.806 bits per heavy atom. The lowest BCUT2D eigenvalue weighted by molar-refractivity contribution is -0.114. The van der Waals surface area contributed by atoms with Crippen LogP contribution in [0.2, 0.25) is 0 Å². The van der Waals surface area contributed by atoms with Crippen molar-refractivity contribution in [3.05, 3.63) is 120 Å². The predicted molar refractivity (Wildman–Crippen MR) is 148 cm³/mol. The molecule has 0 fully saturated rings. The van der Waals surface area contributed by atoms with Gasteiger partial charge in [0.25, 0.3) is 10.0 Å². The molecule has 36 heavy (non-hydrogen) atoms. The molecule has 1 amide bonds. The van der Waals surface area contributed by atoms with E-state index in [0.717, 1.165) is 22.4 Å². The van der Waals surface area contributed by atoms with Crippen LogP contribution in [-0.2, 0) is 20.6 Å². The normalized spacial score (nSPS) is 11.2. The van der Waals surface area contributed by atoms with E-state index < -0.39 is 15.9 Å². The van der Waals surface area contributed by atoms with Gasteiger partial charge in [0, 0.05) is 16.3 Å². The van der Waals surface area contributed by atoms with Gasteiger partial charge in [-0.25, -0.2) is 8.42 Å². The highest BCUT2D eigenvalue weighted by Crippen LogP contribution is 2.27. The van der Waals surface area contributed by atoms with Crippen LogP contribution in [0.3, 0.4) is 0 Å². The summed E-state index contributed by atoms with van der Waals surface area (Å²) >= 11 is 1.74. The maximum Gasteiger partial charge on any atom is 0.264 e. The second-order valence-electron chi connectivity index (χ2n) is 8.46. The third-order valence-corrected chi connectivity index (χ3v) is 8.52. The van der Waals surface area contributed by atoms with Crippen molar-refractivity contribution in [3.8, 4) is 0 Å². The van der Waals surface area contributed by atoms with Gasteiger partial charge in [0.05, 0.1) is 10.6 Å². The lowest BCUT2D eigenvalue weighted by atomic mass is 10.2. The van der Waals surface area contributed by atoms with Crippen molar-refractivity contribution in [1.82, 2.24) is 0 Å². The molecule has 0 saturated heterocycles. The van der Waals surface area contributed by atoms with Gasteiger partial charge >= 0.3 is 0 Å². The first-order valence-corrected chi connectivity index (χ1v) is 14.0. The zero-order chi connectivity index (χ0) is 25.5. The number of nitrogens with zero attached hydrogens (tertiary/aromatic N) is 1. The number of amides is 1. The second kappa shape index (κ2) is 11.5. The molecule has 0 bridgehead atoms. The zero-order valence-electron chi connectivity index (χ0n) is 20.2. The average molecular weight is 517 g/mol. The summed E-state index contributed by atoms with van der Waals surface area (Å²) < 4.78 is 28.3. The van der Waals surface area contributed by atoms with Crippen LogP contribution in [0.25, 0.3) is 0 Å². The molecule has 0 aliphatic carbocycles.